The lowest BCUT2D eigenvalue weighted by molar-refractivity contribution is 0.459. The molecule has 94 valence electrons. The maximum Gasteiger partial charge on any atom is 0.318 e. The number of hydrogen-bond donors (Lipinski definition) is 1. The summed E-state index contributed by atoms with van der Waals surface area (Å²) in [4.78, 5) is 1.00. The molecule has 1 saturated heterocycles. The van der Waals surface area contributed by atoms with Crippen molar-refractivity contribution in [3.8, 4) is 15.5 Å². The number of benzene rings is 1. The van der Waals surface area contributed by atoms with E-state index >= 15 is 0 Å². The van der Waals surface area contributed by atoms with Gasteiger partial charge in [-0.2, -0.15) is 0 Å². The summed E-state index contributed by atoms with van der Waals surface area (Å²) in [5.41, 5.74) is 1.11. The highest BCUT2D eigenvalue weighted by Crippen LogP contribution is 2.34. The van der Waals surface area contributed by atoms with Crippen molar-refractivity contribution in [1.82, 2.24) is 4.58 Å². The average molecular weight is 278 g/mol. The zero-order valence-electron chi connectivity index (χ0n) is 10.1. The van der Waals surface area contributed by atoms with Crippen LogP contribution in [-0.4, -0.2) is 18.2 Å². The summed E-state index contributed by atoms with van der Waals surface area (Å²) in [6.45, 7) is 2.26. The second-order valence-electron chi connectivity index (χ2n) is 4.52. The molecule has 0 radical (unpaired) electrons. The van der Waals surface area contributed by atoms with Crippen molar-refractivity contribution in [3.05, 3.63) is 34.3 Å². The molecule has 2 heterocycles. The zero-order valence-corrected chi connectivity index (χ0v) is 11.8. The highest BCUT2D eigenvalue weighted by molar-refractivity contribution is 7.30. The maximum atomic E-state index is 10.1. The van der Waals surface area contributed by atoms with E-state index in [-0.39, 0.29) is 0 Å². The summed E-state index contributed by atoms with van der Waals surface area (Å²) in [6, 6.07) is 10.1. The van der Waals surface area contributed by atoms with Crippen LogP contribution in [0.15, 0.2) is 30.3 Å². The lowest BCUT2D eigenvalue weighted by Gasteiger charge is -2.07. The van der Waals surface area contributed by atoms with E-state index in [1.54, 1.807) is 11.3 Å². The fourth-order valence-corrected chi connectivity index (χ4v) is 4.68. The van der Waals surface area contributed by atoms with E-state index in [0.717, 1.165) is 23.5 Å². The minimum atomic E-state index is 0.451. The molecule has 1 N–H and O–H groups in total. The van der Waals surface area contributed by atoms with Gasteiger partial charge in [0.2, 0.25) is 0 Å². The van der Waals surface area contributed by atoms with Crippen LogP contribution in [0, 0.1) is 0 Å². The Kier molecular flexibility index (Phi) is 3.48. The molecule has 0 bridgehead atoms. The molecule has 1 aromatic carbocycles. The Balaban J connectivity index is 2.06. The van der Waals surface area contributed by atoms with Crippen LogP contribution in [0.25, 0.3) is 10.4 Å². The lowest BCUT2D eigenvalue weighted by atomic mass is 10.2. The highest BCUT2D eigenvalue weighted by atomic mass is 32.2. The molecule has 1 aromatic heterocycles. The topological polar surface area (TPSA) is 23.2 Å². The van der Waals surface area contributed by atoms with Gasteiger partial charge < -0.3 is 5.11 Å². The number of nitrogens with zero attached hydrogens (tertiary/aromatic N) is 1. The number of piperidine rings is 1. The third kappa shape index (κ3) is 2.35. The summed E-state index contributed by atoms with van der Waals surface area (Å²) in [5, 5.41) is 10.6. The monoisotopic (exact) mass is 278 g/mol. The maximum absolute atomic E-state index is 10.1. The minimum Gasteiger partial charge on any atom is -0.498 e. The normalized spacial score (nSPS) is 15.9. The van der Waals surface area contributed by atoms with Crippen LogP contribution in [0.2, 0.25) is 0 Å². The Morgan fingerprint density at radius 1 is 0.944 bits per heavy atom. The predicted octanol–water partition coefficient (Wildman–Crippen LogP) is 3.14. The first-order valence-electron chi connectivity index (χ1n) is 6.31. The average Bonchev–Trinajstić information content (AvgIpc) is 2.83. The quantitative estimate of drug-likeness (QED) is 0.796. The van der Waals surface area contributed by atoms with Gasteiger partial charge >= 0.3 is 3.98 Å². The molecule has 1 aliphatic heterocycles. The Labute approximate surface area is 114 Å². The van der Waals surface area contributed by atoms with E-state index in [2.05, 4.69) is 16.7 Å². The summed E-state index contributed by atoms with van der Waals surface area (Å²) >= 11 is 3.23. The Bertz CT molecular complexity index is 590. The van der Waals surface area contributed by atoms with E-state index in [4.69, 9.17) is 0 Å². The van der Waals surface area contributed by atoms with Crippen LogP contribution < -0.4 is 8.56 Å². The van der Waals surface area contributed by atoms with Crippen molar-refractivity contribution in [2.24, 2.45) is 0 Å². The van der Waals surface area contributed by atoms with Crippen LogP contribution in [-0.2, 0) is 0 Å². The van der Waals surface area contributed by atoms with Gasteiger partial charge in [0.15, 0.2) is 5.06 Å². The van der Waals surface area contributed by atoms with Gasteiger partial charge in [0.25, 0.3) is 0 Å². The molecule has 3 rings (SSSR count). The second-order valence-corrected chi connectivity index (χ2v) is 6.75. The van der Waals surface area contributed by atoms with Crippen LogP contribution in [0.4, 0.5) is 0 Å². The van der Waals surface area contributed by atoms with Crippen LogP contribution in [0.3, 0.4) is 0 Å². The van der Waals surface area contributed by atoms with Crippen molar-refractivity contribution < 1.29 is 5.11 Å². The van der Waals surface area contributed by atoms with Gasteiger partial charge in [0.05, 0.1) is 4.88 Å². The molecular formula is C14H16NOS2+. The molecule has 1 aliphatic rings. The second kappa shape index (κ2) is 5.24. The van der Waals surface area contributed by atoms with E-state index in [1.165, 1.54) is 34.6 Å². The Hall–Kier alpha value is -1.13. The van der Waals surface area contributed by atoms with Gasteiger partial charge in [-0.05, 0) is 23.3 Å². The molecule has 18 heavy (non-hydrogen) atoms. The minimum absolute atomic E-state index is 0.451. The van der Waals surface area contributed by atoms with Crippen molar-refractivity contribution in [3.63, 3.8) is 0 Å². The van der Waals surface area contributed by atoms with E-state index in [9.17, 15) is 5.11 Å². The Morgan fingerprint density at radius 3 is 2.39 bits per heavy atom. The van der Waals surface area contributed by atoms with Crippen molar-refractivity contribution in [1.29, 1.82) is 0 Å². The van der Waals surface area contributed by atoms with Gasteiger partial charge in [-0.1, -0.05) is 41.7 Å². The molecule has 0 atom stereocenters. The fraction of sp³-hybridized carbons (Fsp3) is 0.357. The van der Waals surface area contributed by atoms with Gasteiger partial charge in [-0.15, -0.1) is 0 Å². The smallest absolute Gasteiger partial charge is 0.318 e. The van der Waals surface area contributed by atoms with E-state index in [0.29, 0.717) is 5.06 Å². The summed E-state index contributed by atoms with van der Waals surface area (Å²) < 4.78 is 3.65. The number of aromatic hydroxyl groups is 1. The summed E-state index contributed by atoms with van der Waals surface area (Å²) in [5.74, 6) is 0. The first-order valence-corrected chi connectivity index (χ1v) is 7.94. The van der Waals surface area contributed by atoms with Gasteiger partial charge in [-0.25, -0.2) is 4.58 Å². The first-order chi connectivity index (χ1) is 8.84. The highest BCUT2D eigenvalue weighted by Gasteiger charge is 2.17. The Morgan fingerprint density at radius 2 is 1.67 bits per heavy atom. The van der Waals surface area contributed by atoms with Crippen molar-refractivity contribution in [2.75, 3.05) is 13.1 Å². The molecule has 2 nitrogen and oxygen atoms in total. The summed E-state index contributed by atoms with van der Waals surface area (Å²) in [7, 11) is 0. The standard InChI is InChI=1S/C14H15NOS2/c16-13-12(11-7-3-1-4-8-11)17-14(18-13)15-9-5-2-6-10-15/h1,3-4,7-8H,2,5-6,9-10H2/p+1. The van der Waals surface area contributed by atoms with E-state index < -0.39 is 0 Å². The first kappa shape index (κ1) is 11.9. The van der Waals surface area contributed by atoms with Crippen molar-refractivity contribution in [2.45, 2.75) is 19.3 Å². The fourth-order valence-electron chi connectivity index (χ4n) is 2.26. The SMILES string of the molecule is Oc1sc(=[N+]2CCCCC2)sc1-c1ccccc1. The van der Waals surface area contributed by atoms with Crippen LogP contribution >= 0.6 is 22.7 Å². The molecule has 0 unspecified atom stereocenters. The van der Waals surface area contributed by atoms with Gasteiger partial charge in [-0.3, -0.25) is 0 Å². The molecule has 4 heteroatoms. The molecule has 0 amide bonds. The largest absolute Gasteiger partial charge is 0.498 e. The van der Waals surface area contributed by atoms with Gasteiger partial charge in [0, 0.05) is 12.8 Å². The molecular weight excluding hydrogens is 262 g/mol. The molecule has 0 aliphatic carbocycles. The lowest BCUT2D eigenvalue weighted by Crippen LogP contribution is -2.31. The molecule has 0 saturated carbocycles. The molecule has 2 aromatic rings. The third-order valence-electron chi connectivity index (χ3n) is 3.22. The molecule has 0 spiro atoms. The number of hydrogen-bond acceptors (Lipinski definition) is 3. The van der Waals surface area contributed by atoms with Crippen LogP contribution in [0.1, 0.15) is 19.3 Å². The summed E-state index contributed by atoms with van der Waals surface area (Å²) in [6.07, 6.45) is 3.88. The predicted molar refractivity (Wildman–Crippen MR) is 78.2 cm³/mol. The van der Waals surface area contributed by atoms with Crippen LogP contribution in [0.5, 0.6) is 5.06 Å². The van der Waals surface area contributed by atoms with Gasteiger partial charge in [0.1, 0.15) is 13.1 Å². The van der Waals surface area contributed by atoms with E-state index in [1.807, 2.05) is 18.2 Å². The zero-order chi connectivity index (χ0) is 12.4. The number of rotatable bonds is 1. The van der Waals surface area contributed by atoms with Crippen molar-refractivity contribution >= 4 is 22.7 Å². The molecule has 1 fully saturated rings. The third-order valence-corrected chi connectivity index (χ3v) is 5.74.